The maximum absolute atomic E-state index is 14.6. The molecule has 6 atom stereocenters. The van der Waals surface area contributed by atoms with Gasteiger partial charge in [0, 0.05) is 40.2 Å². The van der Waals surface area contributed by atoms with E-state index in [2.05, 4.69) is 0 Å². The molecule has 0 aliphatic heterocycles. The third-order valence-electron chi connectivity index (χ3n) is 9.21. The standard InChI is InChI=1S/C27H29F5O2S/c1-25-12-11-20-19(22(25)9-10-23(25)26(28,29)27(30,31)32)8-5-16-13-17(33)14-21(24(16)20)15-3-6-18(7-4-15)35(2)34/h3-4,6-7,13,19,21-23H,5,8-12,14H2,1-2H3/t19-,21?,22+,23?,25+,35?/m1/s1. The zero-order chi connectivity index (χ0) is 25.3. The largest absolute Gasteiger partial charge is 0.453 e. The van der Waals surface area contributed by atoms with Gasteiger partial charge in [-0.1, -0.05) is 24.6 Å². The second kappa shape index (κ2) is 8.35. The van der Waals surface area contributed by atoms with Crippen molar-refractivity contribution in [1.82, 2.24) is 0 Å². The van der Waals surface area contributed by atoms with Crippen molar-refractivity contribution in [2.24, 2.45) is 23.2 Å². The van der Waals surface area contributed by atoms with Gasteiger partial charge in [-0.25, -0.2) is 0 Å². The second-order valence-corrected chi connectivity index (χ2v) is 12.2. The van der Waals surface area contributed by atoms with Crippen LogP contribution < -0.4 is 0 Å². The van der Waals surface area contributed by atoms with Crippen molar-refractivity contribution in [1.29, 1.82) is 0 Å². The van der Waals surface area contributed by atoms with Crippen molar-refractivity contribution in [2.45, 2.75) is 74.8 Å². The van der Waals surface area contributed by atoms with Crippen molar-refractivity contribution in [3.05, 3.63) is 52.6 Å². The quantitative estimate of drug-likeness (QED) is 0.404. The molecule has 1 aromatic rings. The third kappa shape index (κ3) is 3.85. The lowest BCUT2D eigenvalue weighted by atomic mass is 9.54. The lowest BCUT2D eigenvalue weighted by Gasteiger charge is -2.51. The summed E-state index contributed by atoms with van der Waals surface area (Å²) >= 11 is 0. The molecule has 2 fully saturated rings. The molecule has 0 heterocycles. The van der Waals surface area contributed by atoms with Gasteiger partial charge < -0.3 is 0 Å². The molecule has 4 aliphatic rings. The Morgan fingerprint density at radius 2 is 1.69 bits per heavy atom. The van der Waals surface area contributed by atoms with E-state index in [1.165, 1.54) is 0 Å². The van der Waals surface area contributed by atoms with Crippen LogP contribution in [0.15, 0.2) is 52.0 Å². The summed E-state index contributed by atoms with van der Waals surface area (Å²) in [5.41, 5.74) is 3.12. The molecule has 0 N–H and O–H groups in total. The number of hydrogen-bond donors (Lipinski definition) is 0. The Morgan fingerprint density at radius 3 is 2.31 bits per heavy atom. The molecule has 3 unspecified atom stereocenters. The lowest BCUT2D eigenvalue weighted by molar-refractivity contribution is -0.314. The summed E-state index contributed by atoms with van der Waals surface area (Å²) in [6.07, 6.45) is 0.418. The molecular weight excluding hydrogens is 483 g/mol. The van der Waals surface area contributed by atoms with Gasteiger partial charge in [0.2, 0.25) is 0 Å². The first-order valence-corrected chi connectivity index (χ1v) is 13.7. The van der Waals surface area contributed by atoms with Crippen molar-refractivity contribution in [3.63, 3.8) is 0 Å². The van der Waals surface area contributed by atoms with Gasteiger partial charge in [0.25, 0.3) is 0 Å². The summed E-state index contributed by atoms with van der Waals surface area (Å²) in [5, 5.41) is 0. The number of carbonyl (C=O) groups is 1. The normalized spacial score (nSPS) is 34.1. The molecule has 190 valence electrons. The number of allylic oxidation sites excluding steroid dienone is 4. The van der Waals surface area contributed by atoms with Crippen LogP contribution in [0.3, 0.4) is 0 Å². The number of benzene rings is 1. The van der Waals surface area contributed by atoms with Gasteiger partial charge in [-0.05, 0) is 90.7 Å². The Morgan fingerprint density at radius 1 is 1.00 bits per heavy atom. The number of ketones is 1. The number of fused-ring (bicyclic) bond motifs is 4. The van der Waals surface area contributed by atoms with Crippen molar-refractivity contribution in [3.8, 4) is 0 Å². The highest BCUT2D eigenvalue weighted by Gasteiger charge is 2.70. The van der Waals surface area contributed by atoms with Crippen LogP contribution in [-0.4, -0.2) is 28.3 Å². The van der Waals surface area contributed by atoms with Crippen LogP contribution in [-0.2, 0) is 15.6 Å². The second-order valence-electron chi connectivity index (χ2n) is 10.9. The van der Waals surface area contributed by atoms with E-state index in [0.29, 0.717) is 43.4 Å². The van der Waals surface area contributed by atoms with E-state index >= 15 is 0 Å². The van der Waals surface area contributed by atoms with Gasteiger partial charge in [0.15, 0.2) is 5.78 Å². The Labute approximate surface area is 204 Å². The summed E-state index contributed by atoms with van der Waals surface area (Å²) < 4.78 is 80.8. The lowest BCUT2D eigenvalue weighted by Crippen LogP contribution is -2.51. The first-order valence-electron chi connectivity index (χ1n) is 12.2. The van der Waals surface area contributed by atoms with Crippen LogP contribution in [0.4, 0.5) is 22.0 Å². The smallest absolute Gasteiger partial charge is 0.295 e. The molecule has 35 heavy (non-hydrogen) atoms. The summed E-state index contributed by atoms with van der Waals surface area (Å²) in [6.45, 7) is 1.65. The number of rotatable bonds is 3. The topological polar surface area (TPSA) is 34.1 Å². The molecular formula is C27H29F5O2S. The molecule has 0 bridgehead atoms. The predicted octanol–water partition coefficient (Wildman–Crippen LogP) is 7.14. The SMILES string of the molecule is CS(=O)c1ccc(C2CC(=O)C=C3CC[C@@H]4C(=C32)CC[C@]2(C)C(C(F)(F)C(F)(F)F)CC[C@@H]42)cc1. The molecule has 0 radical (unpaired) electrons. The van der Waals surface area contributed by atoms with Gasteiger partial charge >= 0.3 is 12.1 Å². The minimum Gasteiger partial charge on any atom is -0.295 e. The molecule has 8 heteroatoms. The highest BCUT2D eigenvalue weighted by molar-refractivity contribution is 7.84. The average molecular weight is 513 g/mol. The minimum absolute atomic E-state index is 0.0342. The zero-order valence-electron chi connectivity index (χ0n) is 19.8. The molecule has 0 aromatic heterocycles. The maximum atomic E-state index is 14.6. The molecule has 0 spiro atoms. The van der Waals surface area contributed by atoms with Gasteiger partial charge in [-0.3, -0.25) is 9.00 Å². The Bertz CT molecular complexity index is 1130. The predicted molar refractivity (Wildman–Crippen MR) is 124 cm³/mol. The Kier molecular flexibility index (Phi) is 5.93. The third-order valence-corrected chi connectivity index (χ3v) is 10.1. The van der Waals surface area contributed by atoms with Gasteiger partial charge in [0.1, 0.15) is 0 Å². The average Bonchev–Trinajstić information content (AvgIpc) is 3.15. The fraction of sp³-hybridized carbons (Fsp3) is 0.593. The van der Waals surface area contributed by atoms with Crippen LogP contribution in [0.1, 0.15) is 63.4 Å². The Hall–Kier alpha value is -1.83. The van der Waals surface area contributed by atoms with Crippen LogP contribution in [0, 0.1) is 23.2 Å². The van der Waals surface area contributed by atoms with E-state index in [1.807, 2.05) is 12.1 Å². The van der Waals surface area contributed by atoms with Crippen LogP contribution in [0.5, 0.6) is 0 Å². The Balaban J connectivity index is 1.54. The van der Waals surface area contributed by atoms with Gasteiger partial charge in [0.05, 0.1) is 0 Å². The maximum Gasteiger partial charge on any atom is 0.453 e. The summed E-state index contributed by atoms with van der Waals surface area (Å²) in [7, 11) is -1.12. The number of hydrogen-bond acceptors (Lipinski definition) is 2. The summed E-state index contributed by atoms with van der Waals surface area (Å²) in [6, 6.07) is 7.41. The van der Waals surface area contributed by atoms with E-state index in [4.69, 9.17) is 0 Å². The first-order chi connectivity index (χ1) is 16.3. The highest BCUT2D eigenvalue weighted by Crippen LogP contribution is 2.67. The molecule has 1 aromatic carbocycles. The fourth-order valence-corrected chi connectivity index (χ4v) is 8.12. The van der Waals surface area contributed by atoms with Crippen LogP contribution in [0.25, 0.3) is 0 Å². The van der Waals surface area contributed by atoms with Crippen molar-refractivity contribution < 1.29 is 31.0 Å². The number of carbonyl (C=O) groups excluding carboxylic acids is 1. The molecule has 4 aliphatic carbocycles. The summed E-state index contributed by atoms with van der Waals surface area (Å²) in [4.78, 5) is 13.3. The van der Waals surface area contributed by atoms with E-state index in [-0.39, 0.29) is 30.0 Å². The van der Waals surface area contributed by atoms with E-state index in [1.54, 1.807) is 31.4 Å². The minimum atomic E-state index is -5.54. The van der Waals surface area contributed by atoms with E-state index in [9.17, 15) is 31.0 Å². The van der Waals surface area contributed by atoms with Crippen LogP contribution in [0.2, 0.25) is 0 Å². The van der Waals surface area contributed by atoms with Crippen molar-refractivity contribution in [2.75, 3.05) is 6.26 Å². The molecule has 2 saturated carbocycles. The molecule has 0 amide bonds. The van der Waals surface area contributed by atoms with E-state index in [0.717, 1.165) is 22.3 Å². The van der Waals surface area contributed by atoms with E-state index < -0.39 is 34.2 Å². The molecule has 0 saturated heterocycles. The number of alkyl halides is 5. The first kappa shape index (κ1) is 24.8. The highest BCUT2D eigenvalue weighted by atomic mass is 32.2. The monoisotopic (exact) mass is 512 g/mol. The number of halogens is 5. The van der Waals surface area contributed by atoms with Gasteiger partial charge in [-0.2, -0.15) is 22.0 Å². The summed E-state index contributed by atoms with van der Waals surface area (Å²) in [5.74, 6) is -6.77. The zero-order valence-corrected chi connectivity index (χ0v) is 20.6. The molecule has 5 rings (SSSR count). The molecule has 2 nitrogen and oxygen atoms in total. The fourth-order valence-electron chi connectivity index (χ4n) is 7.60. The van der Waals surface area contributed by atoms with Gasteiger partial charge in [-0.15, -0.1) is 0 Å². The van der Waals surface area contributed by atoms with Crippen molar-refractivity contribution >= 4 is 16.6 Å². The van der Waals surface area contributed by atoms with Crippen LogP contribution >= 0.6 is 0 Å².